The largest absolute Gasteiger partial charge is 0.480 e. The molecule has 5 atom stereocenters. The molecule has 0 aromatic rings. The molecule has 18 heteroatoms. The zero-order valence-electron chi connectivity index (χ0n) is 26.1. The number of nitrogens with zero attached hydrogens (tertiary/aromatic N) is 1. The lowest BCUT2D eigenvalue weighted by Crippen LogP contribution is -2.60. The summed E-state index contributed by atoms with van der Waals surface area (Å²) in [7, 11) is 0. The number of aliphatic carboxylic acids is 1. The van der Waals surface area contributed by atoms with Gasteiger partial charge in [0.05, 0.1) is 13.1 Å². The van der Waals surface area contributed by atoms with E-state index in [1.807, 2.05) is 0 Å². The second kappa shape index (κ2) is 19.7. The fourth-order valence-electron chi connectivity index (χ4n) is 3.64. The van der Waals surface area contributed by atoms with Crippen molar-refractivity contribution in [1.82, 2.24) is 31.9 Å². The van der Waals surface area contributed by atoms with E-state index in [1.54, 1.807) is 27.7 Å². The van der Waals surface area contributed by atoms with Gasteiger partial charge in [-0.15, -0.1) is 0 Å². The second-order valence-electron chi connectivity index (χ2n) is 10.8. The highest BCUT2D eigenvalue weighted by Crippen LogP contribution is 2.09. The lowest BCUT2D eigenvalue weighted by Gasteiger charge is -2.29. The molecule has 0 unspecified atom stereocenters. The minimum Gasteiger partial charge on any atom is -0.480 e. The number of aliphatic imine (C=N–C) groups is 1. The Balaban J connectivity index is 5.69. The molecule has 0 fully saturated rings. The maximum absolute atomic E-state index is 13.3. The van der Waals surface area contributed by atoms with E-state index < -0.39 is 90.0 Å². The van der Waals surface area contributed by atoms with Crippen LogP contribution >= 0.6 is 0 Å². The molecule has 0 rings (SSSR count). The van der Waals surface area contributed by atoms with E-state index in [4.69, 9.17) is 22.3 Å². The highest BCUT2D eigenvalue weighted by Gasteiger charge is 2.33. The smallest absolute Gasteiger partial charge is 0.325 e. The molecule has 0 aliphatic heterocycles. The van der Waals surface area contributed by atoms with Gasteiger partial charge >= 0.3 is 5.97 Å². The number of amides is 6. The van der Waals surface area contributed by atoms with Crippen molar-refractivity contribution >= 4 is 47.4 Å². The fourth-order valence-corrected chi connectivity index (χ4v) is 3.64. The summed E-state index contributed by atoms with van der Waals surface area (Å²) in [6, 6.07) is -5.54. The number of carboxylic acids is 1. The molecule has 44 heavy (non-hydrogen) atoms. The summed E-state index contributed by atoms with van der Waals surface area (Å²) in [6.07, 6.45) is 0.314. The maximum Gasteiger partial charge on any atom is 0.325 e. The predicted molar refractivity (Wildman–Crippen MR) is 160 cm³/mol. The highest BCUT2D eigenvalue weighted by molar-refractivity contribution is 5.96. The molecule has 250 valence electrons. The number of carbonyl (C=O) groups is 7. The van der Waals surface area contributed by atoms with Gasteiger partial charge in [-0.05, 0) is 38.5 Å². The van der Waals surface area contributed by atoms with Crippen molar-refractivity contribution in [3.63, 3.8) is 0 Å². The molecular weight excluding hydrogens is 580 g/mol. The summed E-state index contributed by atoms with van der Waals surface area (Å²) in [6.45, 7) is 8.65. The van der Waals surface area contributed by atoms with E-state index in [2.05, 4.69) is 36.9 Å². The van der Waals surface area contributed by atoms with E-state index in [0.717, 1.165) is 0 Å². The molecule has 13 N–H and O–H groups in total. The van der Waals surface area contributed by atoms with Crippen molar-refractivity contribution in [2.75, 3.05) is 19.6 Å². The first-order valence-electron chi connectivity index (χ1n) is 14.2. The lowest BCUT2D eigenvalue weighted by atomic mass is 9.98. The van der Waals surface area contributed by atoms with E-state index in [-0.39, 0.29) is 31.9 Å². The third-order valence-electron chi connectivity index (χ3n) is 6.20. The number of carboxylic acid groups (broad SMARTS) is 1. The summed E-state index contributed by atoms with van der Waals surface area (Å²) in [4.78, 5) is 90.5. The zero-order chi connectivity index (χ0) is 34.1. The summed E-state index contributed by atoms with van der Waals surface area (Å²) in [5, 5.41) is 23.7. The molecule has 0 aliphatic rings. The molecule has 0 aliphatic carbocycles. The first-order chi connectivity index (χ1) is 20.4. The maximum atomic E-state index is 13.3. The molecule has 0 spiro atoms. The van der Waals surface area contributed by atoms with E-state index in [0.29, 0.717) is 0 Å². The van der Waals surface area contributed by atoms with Crippen molar-refractivity contribution in [2.24, 2.45) is 34.0 Å². The first-order valence-corrected chi connectivity index (χ1v) is 14.2. The Morgan fingerprint density at radius 2 is 1.18 bits per heavy atom. The van der Waals surface area contributed by atoms with Crippen molar-refractivity contribution in [3.8, 4) is 0 Å². The molecule has 0 heterocycles. The third kappa shape index (κ3) is 15.1. The Morgan fingerprint density at radius 3 is 1.66 bits per heavy atom. The van der Waals surface area contributed by atoms with Gasteiger partial charge in [-0.2, -0.15) is 0 Å². The molecule has 0 aromatic heterocycles. The van der Waals surface area contributed by atoms with E-state index >= 15 is 0 Å². The molecule has 18 nitrogen and oxygen atoms in total. The van der Waals surface area contributed by atoms with Crippen LogP contribution in [0.15, 0.2) is 4.99 Å². The van der Waals surface area contributed by atoms with Gasteiger partial charge in [-0.1, -0.05) is 27.7 Å². The normalized spacial score (nSPS) is 14.2. The van der Waals surface area contributed by atoms with Crippen LogP contribution in [0.4, 0.5) is 0 Å². The summed E-state index contributed by atoms with van der Waals surface area (Å²) < 4.78 is 0. The number of guanidine groups is 1. The first kappa shape index (κ1) is 39.5. The van der Waals surface area contributed by atoms with Crippen molar-refractivity contribution in [3.05, 3.63) is 0 Å². The van der Waals surface area contributed by atoms with Gasteiger partial charge in [-0.3, -0.25) is 38.6 Å². The number of carbonyl (C=O) groups excluding carboxylic acids is 6. The number of nitrogens with one attached hydrogen (secondary N) is 6. The van der Waals surface area contributed by atoms with Crippen molar-refractivity contribution in [1.29, 1.82) is 0 Å². The monoisotopic (exact) mass is 628 g/mol. The Morgan fingerprint density at radius 1 is 0.682 bits per heavy atom. The van der Waals surface area contributed by atoms with Crippen LogP contribution in [0.1, 0.15) is 54.4 Å². The van der Waals surface area contributed by atoms with Crippen LogP contribution in [-0.4, -0.2) is 102 Å². The van der Waals surface area contributed by atoms with Gasteiger partial charge in [0, 0.05) is 6.54 Å². The molecule has 0 radical (unpaired) electrons. The van der Waals surface area contributed by atoms with Crippen LogP contribution in [0.3, 0.4) is 0 Å². The highest BCUT2D eigenvalue weighted by atomic mass is 16.4. The molecular formula is C26H48N10O8. The van der Waals surface area contributed by atoms with Crippen LogP contribution in [0.5, 0.6) is 0 Å². The topological polar surface area (TPSA) is 302 Å². The number of hydrogen-bond donors (Lipinski definition) is 10. The lowest BCUT2D eigenvalue weighted by molar-refractivity contribution is -0.141. The second-order valence-corrected chi connectivity index (χ2v) is 10.8. The summed E-state index contributed by atoms with van der Waals surface area (Å²) in [5.74, 6) is -6.36. The van der Waals surface area contributed by atoms with Crippen LogP contribution in [0, 0.1) is 11.8 Å². The van der Waals surface area contributed by atoms with Crippen molar-refractivity contribution in [2.45, 2.75) is 84.6 Å². The Bertz CT molecular complexity index is 1060. The SMILES string of the molecule is CC(C)[C@H](NC(=O)[C@H](C)NC(=O)CN)C(=O)N[C@H](C(=O)N[C@@H](CCCN=C(N)N)C(=O)NCC(=O)N[C@@H](C)C(=O)O)C(C)C. The number of rotatable bonds is 19. The van der Waals surface area contributed by atoms with Crippen molar-refractivity contribution < 1.29 is 38.7 Å². The minimum absolute atomic E-state index is 0.0529. The van der Waals surface area contributed by atoms with E-state index in [1.165, 1.54) is 13.8 Å². The number of nitrogens with two attached hydrogens (primary N) is 3. The Labute approximate surface area is 256 Å². The standard InChI is InChI=1S/C26H48N10O8/c1-12(2)19(36-24(42)20(13(3)4)35-21(39)14(5)32-17(37)10-27)23(41)34-16(8-7-9-30-26(28)29)22(40)31-11-18(38)33-15(6)25(43)44/h12-16,19-20H,7-11,27H2,1-6H3,(H,31,40)(H,32,37)(H,33,38)(H,34,41)(H,35,39)(H,36,42)(H,43,44)(H4,28,29,30)/t14-,15-,16-,19-,20-/m0/s1. The zero-order valence-corrected chi connectivity index (χ0v) is 26.1. The Hall–Kier alpha value is -4.48. The third-order valence-corrected chi connectivity index (χ3v) is 6.20. The van der Waals surface area contributed by atoms with Crippen LogP contribution in [-0.2, 0) is 33.6 Å². The van der Waals surface area contributed by atoms with Gasteiger partial charge < -0.3 is 54.2 Å². The molecule has 0 saturated heterocycles. The number of hydrogen-bond acceptors (Lipinski definition) is 9. The van der Waals surface area contributed by atoms with Crippen LogP contribution < -0.4 is 49.1 Å². The molecule has 6 amide bonds. The van der Waals surface area contributed by atoms with Gasteiger partial charge in [-0.25, -0.2) is 0 Å². The Kier molecular flexibility index (Phi) is 17.7. The quantitative estimate of drug-likeness (QED) is 0.0373. The van der Waals surface area contributed by atoms with Crippen LogP contribution in [0.25, 0.3) is 0 Å². The average Bonchev–Trinajstić information content (AvgIpc) is 2.93. The molecule has 0 bridgehead atoms. The van der Waals surface area contributed by atoms with E-state index in [9.17, 15) is 33.6 Å². The van der Waals surface area contributed by atoms with Gasteiger partial charge in [0.15, 0.2) is 5.96 Å². The molecule has 0 saturated carbocycles. The average molecular weight is 629 g/mol. The van der Waals surface area contributed by atoms with Crippen LogP contribution in [0.2, 0.25) is 0 Å². The fraction of sp³-hybridized carbons (Fsp3) is 0.692. The van der Waals surface area contributed by atoms with Gasteiger partial charge in [0.2, 0.25) is 35.4 Å². The minimum atomic E-state index is -1.26. The predicted octanol–water partition coefficient (Wildman–Crippen LogP) is -4.02. The summed E-state index contributed by atoms with van der Waals surface area (Å²) >= 11 is 0. The molecule has 0 aromatic carbocycles. The summed E-state index contributed by atoms with van der Waals surface area (Å²) in [5.41, 5.74) is 15.9. The van der Waals surface area contributed by atoms with Gasteiger partial charge in [0.25, 0.3) is 0 Å². The van der Waals surface area contributed by atoms with Gasteiger partial charge in [0.1, 0.15) is 30.2 Å².